The first-order valence-electron chi connectivity index (χ1n) is 10.3. The van der Waals surface area contributed by atoms with Crippen molar-refractivity contribution in [1.82, 2.24) is 15.0 Å². The molecule has 0 aliphatic carbocycles. The summed E-state index contributed by atoms with van der Waals surface area (Å²) in [5.41, 5.74) is 4.59. The average molecular weight is 452 g/mol. The molecular weight excluding hydrogens is 432 g/mol. The molecule has 2 aromatic carbocycles. The molecule has 2 N–H and O–H groups in total. The maximum Gasteiger partial charge on any atom is 0.269 e. The van der Waals surface area contributed by atoms with E-state index in [-0.39, 0.29) is 11.6 Å². The number of nitrogens with one attached hydrogen (secondary N) is 2. The maximum atomic E-state index is 12.4. The molecule has 0 fully saturated rings. The van der Waals surface area contributed by atoms with Gasteiger partial charge in [0.05, 0.1) is 10.6 Å². The Bertz CT molecular complexity index is 1350. The molecule has 0 saturated carbocycles. The van der Waals surface area contributed by atoms with Crippen LogP contribution in [-0.2, 0) is 4.79 Å². The van der Waals surface area contributed by atoms with Gasteiger partial charge in [-0.05, 0) is 66.6 Å². The van der Waals surface area contributed by atoms with Crippen molar-refractivity contribution in [3.63, 3.8) is 0 Å². The lowest BCUT2D eigenvalue weighted by atomic mass is 10.1. The summed E-state index contributed by atoms with van der Waals surface area (Å²) in [6, 6.07) is 17.0. The maximum absolute atomic E-state index is 12.4. The van der Waals surface area contributed by atoms with E-state index in [9.17, 15) is 14.9 Å². The minimum atomic E-state index is -0.469. The second kappa shape index (κ2) is 10.1. The van der Waals surface area contributed by atoms with Crippen LogP contribution in [-0.4, -0.2) is 25.8 Å². The molecule has 4 rings (SSSR count). The number of carbonyl (C=O) groups excluding carboxylic acids is 1. The second-order valence-corrected chi connectivity index (χ2v) is 7.33. The highest BCUT2D eigenvalue weighted by atomic mass is 16.6. The number of amides is 1. The van der Waals surface area contributed by atoms with E-state index in [1.807, 2.05) is 31.2 Å². The third kappa shape index (κ3) is 5.65. The highest BCUT2D eigenvalue weighted by Gasteiger charge is 2.07. The van der Waals surface area contributed by atoms with Crippen LogP contribution in [0.1, 0.15) is 11.1 Å². The highest BCUT2D eigenvalue weighted by molar-refractivity contribution is 6.02. The number of aromatic nitrogens is 3. The third-order valence-corrected chi connectivity index (χ3v) is 4.90. The smallest absolute Gasteiger partial charge is 0.269 e. The number of hydrogen-bond acceptors (Lipinski definition) is 7. The Morgan fingerprint density at radius 3 is 2.62 bits per heavy atom. The van der Waals surface area contributed by atoms with Gasteiger partial charge in [0, 0.05) is 53.7 Å². The fourth-order valence-corrected chi connectivity index (χ4v) is 3.11. The fourth-order valence-electron chi connectivity index (χ4n) is 3.11. The lowest BCUT2D eigenvalue weighted by Crippen LogP contribution is -2.08. The standard InChI is InChI=1S/C25H20N6O3/c1-17-4-8-20(28-24(32)11-7-18-5-9-21(10-6-18)31(33)34)15-23(17)30-25-27-14-12-22(29-25)19-3-2-13-26-16-19/h2-16H,1H3,(H,28,32)(H,27,29,30)/b11-7+. The minimum absolute atomic E-state index is 0.00348. The number of hydrogen-bond donors (Lipinski definition) is 2. The molecule has 0 spiro atoms. The Morgan fingerprint density at radius 2 is 1.88 bits per heavy atom. The Labute approximate surface area is 195 Å². The highest BCUT2D eigenvalue weighted by Crippen LogP contribution is 2.24. The van der Waals surface area contributed by atoms with E-state index in [0.717, 1.165) is 22.5 Å². The average Bonchev–Trinajstić information content (AvgIpc) is 2.86. The number of nitro groups is 1. The fraction of sp³-hybridized carbons (Fsp3) is 0.0400. The predicted octanol–water partition coefficient (Wildman–Crippen LogP) is 5.15. The predicted molar refractivity (Wildman–Crippen MR) is 130 cm³/mol. The summed E-state index contributed by atoms with van der Waals surface area (Å²) < 4.78 is 0. The lowest BCUT2D eigenvalue weighted by Gasteiger charge is -2.11. The van der Waals surface area contributed by atoms with Gasteiger partial charge in [0.25, 0.3) is 5.69 Å². The number of carbonyl (C=O) groups is 1. The first-order chi connectivity index (χ1) is 16.5. The molecule has 0 atom stereocenters. The van der Waals surface area contributed by atoms with Gasteiger partial charge in [0.15, 0.2) is 0 Å². The van der Waals surface area contributed by atoms with Crippen molar-refractivity contribution < 1.29 is 9.72 Å². The third-order valence-electron chi connectivity index (χ3n) is 4.90. The van der Waals surface area contributed by atoms with Crippen molar-refractivity contribution in [2.75, 3.05) is 10.6 Å². The lowest BCUT2D eigenvalue weighted by molar-refractivity contribution is -0.384. The van der Waals surface area contributed by atoms with Gasteiger partial charge in [-0.3, -0.25) is 19.9 Å². The van der Waals surface area contributed by atoms with Crippen LogP contribution < -0.4 is 10.6 Å². The largest absolute Gasteiger partial charge is 0.324 e. The van der Waals surface area contributed by atoms with Crippen LogP contribution in [0.15, 0.2) is 85.3 Å². The molecule has 34 heavy (non-hydrogen) atoms. The monoisotopic (exact) mass is 452 g/mol. The second-order valence-electron chi connectivity index (χ2n) is 7.33. The quantitative estimate of drug-likeness (QED) is 0.226. The number of benzene rings is 2. The molecule has 0 aliphatic rings. The van der Waals surface area contributed by atoms with Crippen molar-refractivity contribution >= 4 is 35.0 Å². The van der Waals surface area contributed by atoms with E-state index in [1.165, 1.54) is 18.2 Å². The van der Waals surface area contributed by atoms with Crippen LogP contribution in [0.25, 0.3) is 17.3 Å². The zero-order chi connectivity index (χ0) is 23.9. The van der Waals surface area contributed by atoms with Crippen LogP contribution in [0.4, 0.5) is 23.0 Å². The summed E-state index contributed by atoms with van der Waals surface area (Å²) in [5.74, 6) is 0.0916. The number of rotatable bonds is 7. The first kappa shape index (κ1) is 22.3. The normalized spacial score (nSPS) is 10.7. The molecular formula is C25H20N6O3. The summed E-state index contributed by atoms with van der Waals surface area (Å²) in [6.07, 6.45) is 8.06. The van der Waals surface area contributed by atoms with Gasteiger partial charge in [-0.1, -0.05) is 6.07 Å². The SMILES string of the molecule is Cc1ccc(NC(=O)/C=C/c2ccc([N+](=O)[O-])cc2)cc1Nc1nccc(-c2cccnc2)n1. The van der Waals surface area contributed by atoms with Crippen molar-refractivity contribution in [3.8, 4) is 11.3 Å². The molecule has 0 bridgehead atoms. The molecule has 0 saturated heterocycles. The summed E-state index contributed by atoms with van der Waals surface area (Å²) in [4.78, 5) is 35.6. The molecule has 9 nitrogen and oxygen atoms in total. The molecule has 168 valence electrons. The van der Waals surface area contributed by atoms with Gasteiger partial charge in [0.2, 0.25) is 11.9 Å². The molecule has 2 heterocycles. The molecule has 0 aliphatic heterocycles. The first-order valence-corrected chi connectivity index (χ1v) is 10.3. The van der Waals surface area contributed by atoms with Crippen LogP contribution in [0.3, 0.4) is 0 Å². The van der Waals surface area contributed by atoms with E-state index in [2.05, 4.69) is 25.6 Å². The topological polar surface area (TPSA) is 123 Å². The number of nitrogens with zero attached hydrogens (tertiary/aromatic N) is 4. The van der Waals surface area contributed by atoms with E-state index in [0.29, 0.717) is 17.2 Å². The number of pyridine rings is 1. The Balaban J connectivity index is 1.45. The van der Waals surface area contributed by atoms with Crippen LogP contribution in [0.2, 0.25) is 0 Å². The van der Waals surface area contributed by atoms with Gasteiger partial charge >= 0.3 is 0 Å². The van der Waals surface area contributed by atoms with E-state index >= 15 is 0 Å². The molecule has 2 aromatic heterocycles. The van der Waals surface area contributed by atoms with Crippen LogP contribution in [0, 0.1) is 17.0 Å². The van der Waals surface area contributed by atoms with E-state index in [4.69, 9.17) is 0 Å². The number of anilines is 3. The zero-order valence-corrected chi connectivity index (χ0v) is 18.2. The Morgan fingerprint density at radius 1 is 1.06 bits per heavy atom. The number of nitro benzene ring substituents is 1. The van der Waals surface area contributed by atoms with Gasteiger partial charge in [-0.15, -0.1) is 0 Å². The summed E-state index contributed by atoms with van der Waals surface area (Å²) >= 11 is 0. The molecule has 0 radical (unpaired) electrons. The summed E-state index contributed by atoms with van der Waals surface area (Å²) in [6.45, 7) is 1.94. The zero-order valence-electron chi connectivity index (χ0n) is 18.2. The van der Waals surface area contributed by atoms with Crippen molar-refractivity contribution in [1.29, 1.82) is 0 Å². The van der Waals surface area contributed by atoms with Crippen molar-refractivity contribution in [2.24, 2.45) is 0 Å². The number of aryl methyl sites for hydroxylation is 1. The van der Waals surface area contributed by atoms with E-state index in [1.54, 1.807) is 48.9 Å². The van der Waals surface area contributed by atoms with Crippen molar-refractivity contribution in [3.05, 3.63) is 107 Å². The van der Waals surface area contributed by atoms with Gasteiger partial charge in [0.1, 0.15) is 0 Å². The molecule has 1 amide bonds. The van der Waals surface area contributed by atoms with Gasteiger partial charge in [-0.2, -0.15) is 0 Å². The van der Waals surface area contributed by atoms with Gasteiger partial charge < -0.3 is 10.6 Å². The van der Waals surface area contributed by atoms with Crippen LogP contribution in [0.5, 0.6) is 0 Å². The van der Waals surface area contributed by atoms with E-state index < -0.39 is 4.92 Å². The Kier molecular flexibility index (Phi) is 6.64. The molecule has 4 aromatic rings. The van der Waals surface area contributed by atoms with Crippen molar-refractivity contribution in [2.45, 2.75) is 6.92 Å². The summed E-state index contributed by atoms with van der Waals surface area (Å²) in [7, 11) is 0. The summed E-state index contributed by atoms with van der Waals surface area (Å²) in [5, 5.41) is 16.7. The Hall–Kier alpha value is -4.92. The van der Waals surface area contributed by atoms with Crippen LogP contribution >= 0.6 is 0 Å². The molecule has 9 heteroatoms. The number of non-ortho nitro benzene ring substituents is 1. The molecule has 0 unspecified atom stereocenters. The minimum Gasteiger partial charge on any atom is -0.324 e. The van der Waals surface area contributed by atoms with Gasteiger partial charge in [-0.25, -0.2) is 9.97 Å².